The van der Waals surface area contributed by atoms with Gasteiger partial charge >= 0.3 is 6.18 Å². The molecule has 2 nitrogen and oxygen atoms in total. The molecule has 0 bridgehead atoms. The summed E-state index contributed by atoms with van der Waals surface area (Å²) in [5, 5.41) is 17.4. The van der Waals surface area contributed by atoms with Gasteiger partial charge < -0.3 is 5.11 Å². The average molecular weight is 236 g/mol. The van der Waals surface area contributed by atoms with Gasteiger partial charge in [-0.1, -0.05) is 11.6 Å². The molecule has 0 aliphatic rings. The van der Waals surface area contributed by atoms with Crippen molar-refractivity contribution in [3.8, 4) is 11.8 Å². The average Bonchev–Trinajstić information content (AvgIpc) is 2.09. The van der Waals surface area contributed by atoms with E-state index in [4.69, 9.17) is 16.9 Å². The molecule has 0 fully saturated rings. The Hall–Kier alpha value is -1.41. The first-order chi connectivity index (χ1) is 6.86. The minimum Gasteiger partial charge on any atom is -0.507 e. The van der Waals surface area contributed by atoms with Crippen LogP contribution >= 0.6 is 11.6 Å². The van der Waals surface area contributed by atoms with Gasteiger partial charge in [0.25, 0.3) is 0 Å². The molecule has 15 heavy (non-hydrogen) atoms. The van der Waals surface area contributed by atoms with Crippen molar-refractivity contribution in [1.82, 2.24) is 0 Å². The van der Waals surface area contributed by atoms with E-state index in [9.17, 15) is 18.3 Å². The number of benzene rings is 1. The maximum atomic E-state index is 12.3. The van der Waals surface area contributed by atoms with E-state index < -0.39 is 17.5 Å². The zero-order chi connectivity index (χ0) is 11.6. The van der Waals surface area contributed by atoms with Crippen molar-refractivity contribution < 1.29 is 18.3 Å². The number of alkyl halides is 3. The molecule has 1 aromatic rings. The molecule has 0 aliphatic heterocycles. The fourth-order valence-electron chi connectivity index (χ4n) is 1.09. The van der Waals surface area contributed by atoms with Crippen molar-refractivity contribution in [2.45, 2.75) is 12.6 Å². The Balaban J connectivity index is 3.36. The molecule has 1 N–H and O–H groups in total. The molecule has 1 rings (SSSR count). The maximum absolute atomic E-state index is 12.3. The lowest BCUT2D eigenvalue weighted by molar-refractivity contribution is -0.138. The van der Waals surface area contributed by atoms with Gasteiger partial charge in [-0.3, -0.25) is 0 Å². The van der Waals surface area contributed by atoms with Crippen molar-refractivity contribution in [3.63, 3.8) is 0 Å². The molecule has 1 aromatic carbocycles. The third-order valence-corrected chi connectivity index (χ3v) is 1.95. The number of phenols is 1. The van der Waals surface area contributed by atoms with Crippen LogP contribution in [0.25, 0.3) is 0 Å². The van der Waals surface area contributed by atoms with Gasteiger partial charge in [-0.2, -0.15) is 18.4 Å². The zero-order valence-electron chi connectivity index (χ0n) is 7.27. The van der Waals surface area contributed by atoms with Crippen LogP contribution in [0, 0.1) is 11.3 Å². The molecule has 0 radical (unpaired) electrons. The van der Waals surface area contributed by atoms with E-state index in [2.05, 4.69) is 0 Å². The molecule has 0 unspecified atom stereocenters. The van der Waals surface area contributed by atoms with Crippen LogP contribution in [-0.2, 0) is 12.6 Å². The van der Waals surface area contributed by atoms with Crippen LogP contribution in [0.2, 0.25) is 5.02 Å². The summed E-state index contributed by atoms with van der Waals surface area (Å²) in [4.78, 5) is 0. The number of halogens is 4. The second-order valence-electron chi connectivity index (χ2n) is 2.79. The van der Waals surface area contributed by atoms with Crippen molar-refractivity contribution in [2.24, 2.45) is 0 Å². The highest BCUT2D eigenvalue weighted by Crippen LogP contribution is 2.39. The summed E-state index contributed by atoms with van der Waals surface area (Å²) in [5.41, 5.74) is -1.35. The van der Waals surface area contributed by atoms with Gasteiger partial charge in [0, 0.05) is 10.6 Å². The van der Waals surface area contributed by atoms with Crippen LogP contribution in [0.1, 0.15) is 11.1 Å². The lowest BCUT2D eigenvalue weighted by Gasteiger charge is -2.11. The van der Waals surface area contributed by atoms with Crippen molar-refractivity contribution >= 4 is 11.6 Å². The molecule has 0 heterocycles. The Morgan fingerprint density at radius 3 is 2.47 bits per heavy atom. The second-order valence-corrected chi connectivity index (χ2v) is 3.23. The smallest absolute Gasteiger partial charge is 0.420 e. The lowest BCUT2D eigenvalue weighted by Crippen LogP contribution is -2.06. The first-order valence-electron chi connectivity index (χ1n) is 3.81. The molecular formula is C9H5ClF3NO. The number of aromatic hydroxyl groups is 1. The van der Waals surface area contributed by atoms with Gasteiger partial charge in [0.2, 0.25) is 0 Å². The van der Waals surface area contributed by atoms with Gasteiger partial charge in [0.15, 0.2) is 0 Å². The maximum Gasteiger partial charge on any atom is 0.420 e. The highest BCUT2D eigenvalue weighted by atomic mass is 35.5. The van der Waals surface area contributed by atoms with Crippen LogP contribution in [0.3, 0.4) is 0 Å². The van der Waals surface area contributed by atoms with E-state index in [1.165, 1.54) is 0 Å². The molecule has 80 valence electrons. The number of phenolic OH excluding ortho intramolecular Hbond substituents is 1. The summed E-state index contributed by atoms with van der Waals surface area (Å²) in [7, 11) is 0. The van der Waals surface area contributed by atoms with E-state index in [0.29, 0.717) is 6.07 Å². The SMILES string of the molecule is N#CCc1cc(Cl)cc(C(F)(F)F)c1O. The Morgan fingerprint density at radius 1 is 1.40 bits per heavy atom. The van der Waals surface area contributed by atoms with Crippen LogP contribution in [0.15, 0.2) is 12.1 Å². The minimum absolute atomic E-state index is 0.127. The van der Waals surface area contributed by atoms with Crippen molar-refractivity contribution in [2.75, 3.05) is 0 Å². The number of nitrogens with zero attached hydrogens (tertiary/aromatic N) is 1. The molecule has 0 saturated heterocycles. The first kappa shape index (κ1) is 11.7. The summed E-state index contributed by atoms with van der Waals surface area (Å²) >= 11 is 5.44. The van der Waals surface area contributed by atoms with Crippen LogP contribution in [0.4, 0.5) is 13.2 Å². The lowest BCUT2D eigenvalue weighted by atomic mass is 10.1. The molecular weight excluding hydrogens is 231 g/mol. The van der Waals surface area contributed by atoms with Gasteiger partial charge in [0.05, 0.1) is 18.1 Å². The Morgan fingerprint density at radius 2 is 2.00 bits per heavy atom. The quantitative estimate of drug-likeness (QED) is 0.813. The normalized spacial score (nSPS) is 11.1. The summed E-state index contributed by atoms with van der Waals surface area (Å²) in [6, 6.07) is 3.40. The van der Waals surface area contributed by atoms with Crippen LogP contribution < -0.4 is 0 Å². The standard InChI is InChI=1S/C9H5ClF3NO/c10-6-3-5(1-2-14)8(15)7(4-6)9(11,12)13/h3-4,15H,1H2. The molecule has 0 spiro atoms. The Kier molecular flexibility index (Phi) is 3.10. The molecule has 6 heteroatoms. The Labute approximate surface area is 88.5 Å². The number of nitriles is 1. The van der Waals surface area contributed by atoms with Crippen molar-refractivity contribution in [1.29, 1.82) is 5.26 Å². The first-order valence-corrected chi connectivity index (χ1v) is 4.19. The number of rotatable bonds is 1. The topological polar surface area (TPSA) is 44.0 Å². The van der Waals surface area contributed by atoms with Gasteiger partial charge in [-0.25, -0.2) is 0 Å². The zero-order valence-corrected chi connectivity index (χ0v) is 8.02. The monoisotopic (exact) mass is 235 g/mol. The molecule has 0 aliphatic carbocycles. The number of hydrogen-bond donors (Lipinski definition) is 1. The largest absolute Gasteiger partial charge is 0.507 e. The molecule has 0 atom stereocenters. The van der Waals surface area contributed by atoms with Gasteiger partial charge in [-0.05, 0) is 12.1 Å². The fourth-order valence-corrected chi connectivity index (χ4v) is 1.33. The molecule has 0 amide bonds. The van der Waals surface area contributed by atoms with E-state index in [0.717, 1.165) is 6.07 Å². The second kappa shape index (κ2) is 3.99. The summed E-state index contributed by atoms with van der Waals surface area (Å²) in [6.07, 6.45) is -5.01. The highest BCUT2D eigenvalue weighted by molar-refractivity contribution is 6.30. The van der Waals surface area contributed by atoms with E-state index in [1.807, 2.05) is 0 Å². The highest BCUT2D eigenvalue weighted by Gasteiger charge is 2.35. The van der Waals surface area contributed by atoms with E-state index >= 15 is 0 Å². The van der Waals surface area contributed by atoms with Crippen molar-refractivity contribution in [3.05, 3.63) is 28.3 Å². The predicted octanol–water partition coefficient (Wildman–Crippen LogP) is 3.13. The molecule has 0 saturated carbocycles. The van der Waals surface area contributed by atoms with Crippen LogP contribution in [-0.4, -0.2) is 5.11 Å². The third kappa shape index (κ3) is 2.54. The summed E-state index contributed by atoms with van der Waals surface area (Å²) in [6.45, 7) is 0. The summed E-state index contributed by atoms with van der Waals surface area (Å²) in [5.74, 6) is -0.937. The Bertz CT molecular complexity index is 423. The van der Waals surface area contributed by atoms with E-state index in [-0.39, 0.29) is 17.0 Å². The third-order valence-electron chi connectivity index (χ3n) is 1.73. The predicted molar refractivity (Wildman–Crippen MR) is 47.4 cm³/mol. The summed E-state index contributed by atoms with van der Waals surface area (Å²) < 4.78 is 37.0. The fraction of sp³-hybridized carbons (Fsp3) is 0.222. The van der Waals surface area contributed by atoms with Gasteiger partial charge in [-0.15, -0.1) is 0 Å². The number of hydrogen-bond acceptors (Lipinski definition) is 2. The van der Waals surface area contributed by atoms with E-state index in [1.54, 1.807) is 6.07 Å². The molecule has 0 aromatic heterocycles. The van der Waals surface area contributed by atoms with Gasteiger partial charge in [0.1, 0.15) is 5.75 Å². The minimum atomic E-state index is -4.68. The van der Waals surface area contributed by atoms with Crippen LogP contribution in [0.5, 0.6) is 5.75 Å².